The zero-order valence-corrected chi connectivity index (χ0v) is 12.1. The van der Waals surface area contributed by atoms with Crippen LogP contribution in [0.4, 0.5) is 13.2 Å². The number of halogens is 4. The van der Waals surface area contributed by atoms with E-state index < -0.39 is 22.9 Å². The number of oxazole rings is 1. The van der Waals surface area contributed by atoms with Gasteiger partial charge in [0, 0.05) is 12.1 Å². The Balaban J connectivity index is 2.02. The molecule has 6 nitrogen and oxygen atoms in total. The molecule has 0 saturated heterocycles. The van der Waals surface area contributed by atoms with Crippen molar-refractivity contribution in [1.82, 2.24) is 15.0 Å². The lowest BCUT2D eigenvalue weighted by atomic mass is 10.2. The van der Waals surface area contributed by atoms with Gasteiger partial charge in [-0.1, -0.05) is 11.6 Å². The maximum absolute atomic E-state index is 12.7. The number of benzene rings is 1. The van der Waals surface area contributed by atoms with E-state index in [1.165, 1.54) is 12.1 Å². The molecular formula is C13H7ClF3N3O3. The summed E-state index contributed by atoms with van der Waals surface area (Å²) in [5, 5.41) is -0.409. The van der Waals surface area contributed by atoms with Crippen molar-refractivity contribution in [2.75, 3.05) is 0 Å². The van der Waals surface area contributed by atoms with Gasteiger partial charge in [0.15, 0.2) is 5.58 Å². The molecule has 120 valence electrons. The van der Waals surface area contributed by atoms with Crippen molar-refractivity contribution in [2.24, 2.45) is 0 Å². The first-order chi connectivity index (χ1) is 10.7. The predicted molar refractivity (Wildman–Crippen MR) is 73.7 cm³/mol. The van der Waals surface area contributed by atoms with Crippen molar-refractivity contribution in [1.29, 1.82) is 0 Å². The number of aromatic amines is 1. The molecule has 0 atom stereocenters. The van der Waals surface area contributed by atoms with Crippen LogP contribution in [0.3, 0.4) is 0 Å². The summed E-state index contributed by atoms with van der Waals surface area (Å²) in [7, 11) is 0. The fraction of sp³-hybridized carbons (Fsp3) is 0.154. The van der Waals surface area contributed by atoms with Gasteiger partial charge < -0.3 is 9.15 Å². The molecule has 0 spiro atoms. The number of hydrogen-bond donors (Lipinski definition) is 1. The summed E-state index contributed by atoms with van der Waals surface area (Å²) in [5.74, 6) is -2.30. The van der Waals surface area contributed by atoms with Crippen LogP contribution < -0.4 is 10.5 Å². The van der Waals surface area contributed by atoms with E-state index in [9.17, 15) is 18.0 Å². The van der Waals surface area contributed by atoms with Gasteiger partial charge in [0.2, 0.25) is 11.7 Å². The normalized spacial score (nSPS) is 11.9. The van der Waals surface area contributed by atoms with Gasteiger partial charge in [-0.15, -0.1) is 0 Å². The van der Waals surface area contributed by atoms with Crippen molar-refractivity contribution in [3.05, 3.63) is 45.3 Å². The Morgan fingerprint density at radius 3 is 2.70 bits per heavy atom. The zero-order chi connectivity index (χ0) is 16.8. The van der Waals surface area contributed by atoms with Gasteiger partial charge in [0.05, 0.1) is 5.52 Å². The highest BCUT2D eigenvalue weighted by atomic mass is 35.5. The largest absolute Gasteiger partial charge is 0.451 e. The maximum Gasteiger partial charge on any atom is 0.451 e. The van der Waals surface area contributed by atoms with Gasteiger partial charge >= 0.3 is 11.9 Å². The van der Waals surface area contributed by atoms with Crippen LogP contribution in [-0.4, -0.2) is 15.0 Å². The number of aromatic nitrogens is 3. The van der Waals surface area contributed by atoms with E-state index in [4.69, 9.17) is 20.8 Å². The lowest BCUT2D eigenvalue weighted by molar-refractivity contribution is -0.145. The minimum absolute atomic E-state index is 0.139. The molecule has 0 radical (unpaired) electrons. The molecule has 0 aliphatic carbocycles. The molecule has 3 aromatic rings. The molecule has 0 bridgehead atoms. The average Bonchev–Trinajstić information content (AvgIpc) is 2.78. The summed E-state index contributed by atoms with van der Waals surface area (Å²) < 4.78 is 48.2. The third-order valence-corrected chi connectivity index (χ3v) is 3.04. The highest BCUT2D eigenvalue weighted by Gasteiger charge is 2.35. The number of nitrogens with zero attached hydrogens (tertiary/aromatic N) is 2. The number of nitrogens with one attached hydrogen (secondary N) is 1. The zero-order valence-electron chi connectivity index (χ0n) is 11.4. The Bertz CT molecular complexity index is 949. The Hall–Kier alpha value is -2.55. The molecule has 2 aromatic heterocycles. The van der Waals surface area contributed by atoms with Gasteiger partial charge in [-0.3, -0.25) is 4.98 Å². The minimum Gasteiger partial charge on any atom is -0.439 e. The number of alkyl halides is 3. The van der Waals surface area contributed by atoms with E-state index in [2.05, 4.69) is 15.0 Å². The topological polar surface area (TPSA) is 81.0 Å². The van der Waals surface area contributed by atoms with Crippen LogP contribution in [0.2, 0.25) is 5.15 Å². The van der Waals surface area contributed by atoms with E-state index in [1.807, 2.05) is 0 Å². The lowest BCUT2D eigenvalue weighted by Crippen LogP contribution is -2.11. The van der Waals surface area contributed by atoms with E-state index >= 15 is 0 Å². The van der Waals surface area contributed by atoms with Crippen LogP contribution in [0.1, 0.15) is 11.4 Å². The molecule has 0 amide bonds. The molecule has 23 heavy (non-hydrogen) atoms. The second-order valence-corrected chi connectivity index (χ2v) is 4.97. The molecule has 1 N–H and O–H groups in total. The van der Waals surface area contributed by atoms with Crippen molar-refractivity contribution in [3.63, 3.8) is 0 Å². The van der Waals surface area contributed by atoms with Gasteiger partial charge in [-0.2, -0.15) is 18.2 Å². The van der Waals surface area contributed by atoms with Gasteiger partial charge in [-0.25, -0.2) is 9.78 Å². The van der Waals surface area contributed by atoms with Gasteiger partial charge in [-0.05, 0) is 18.6 Å². The Morgan fingerprint density at radius 1 is 1.26 bits per heavy atom. The van der Waals surface area contributed by atoms with Crippen molar-refractivity contribution in [3.8, 4) is 11.6 Å². The molecule has 0 fully saturated rings. The van der Waals surface area contributed by atoms with Crippen molar-refractivity contribution < 1.29 is 22.3 Å². The third kappa shape index (κ3) is 3.14. The molecule has 1 aromatic carbocycles. The Kier molecular flexibility index (Phi) is 3.52. The predicted octanol–water partition coefficient (Wildman–Crippen LogP) is 3.68. The quantitative estimate of drug-likeness (QED) is 0.716. The van der Waals surface area contributed by atoms with Crippen LogP contribution in [0.5, 0.6) is 11.6 Å². The first kappa shape index (κ1) is 15.3. The molecule has 0 saturated carbocycles. The summed E-state index contributed by atoms with van der Waals surface area (Å²) in [6.45, 7) is 1.68. The molecule has 10 heteroatoms. The summed E-state index contributed by atoms with van der Waals surface area (Å²) in [5.41, 5.74) is 1.29. The molecule has 0 unspecified atom stereocenters. The second-order valence-electron chi connectivity index (χ2n) is 4.58. The average molecular weight is 346 g/mol. The third-order valence-electron chi connectivity index (χ3n) is 2.85. The summed E-state index contributed by atoms with van der Waals surface area (Å²) in [6.07, 6.45) is -4.75. The van der Waals surface area contributed by atoms with Crippen molar-refractivity contribution >= 4 is 22.7 Å². The molecule has 3 rings (SSSR count). The Labute approximate surface area is 130 Å². The summed E-state index contributed by atoms with van der Waals surface area (Å²) >= 11 is 5.56. The fourth-order valence-electron chi connectivity index (χ4n) is 1.95. The van der Waals surface area contributed by atoms with Gasteiger partial charge in [0.1, 0.15) is 10.9 Å². The highest BCUT2D eigenvalue weighted by Crippen LogP contribution is 2.31. The number of H-pyrrole nitrogens is 1. The van der Waals surface area contributed by atoms with Crippen LogP contribution in [-0.2, 0) is 6.18 Å². The van der Waals surface area contributed by atoms with Crippen LogP contribution >= 0.6 is 11.6 Å². The Morgan fingerprint density at radius 2 is 2.00 bits per heavy atom. The number of hydrogen-bond acceptors (Lipinski definition) is 5. The number of rotatable bonds is 2. The lowest BCUT2D eigenvalue weighted by Gasteiger charge is -2.09. The molecule has 0 aliphatic heterocycles. The first-order valence-corrected chi connectivity index (χ1v) is 6.53. The van der Waals surface area contributed by atoms with Crippen LogP contribution in [0, 0.1) is 6.92 Å². The van der Waals surface area contributed by atoms with Gasteiger partial charge in [0.25, 0.3) is 0 Å². The monoisotopic (exact) mass is 345 g/mol. The maximum atomic E-state index is 12.7. The van der Waals surface area contributed by atoms with E-state index in [1.54, 1.807) is 6.92 Å². The minimum atomic E-state index is -4.75. The second kappa shape index (κ2) is 5.27. The summed E-state index contributed by atoms with van der Waals surface area (Å²) in [6, 6.07) is 3.91. The number of aryl methyl sites for hydroxylation is 1. The van der Waals surface area contributed by atoms with Crippen LogP contribution in [0.15, 0.2) is 27.4 Å². The summed E-state index contributed by atoms with van der Waals surface area (Å²) in [4.78, 5) is 20.0. The molecule has 0 aliphatic rings. The SMILES string of the molecule is Cc1cc(Oc2cc(Cl)nc(C(F)(F)F)n2)cc2oc(=O)[nH]c12. The smallest absolute Gasteiger partial charge is 0.439 e. The van der Waals surface area contributed by atoms with E-state index in [0.717, 1.165) is 6.07 Å². The first-order valence-electron chi connectivity index (χ1n) is 6.15. The number of ether oxygens (including phenoxy) is 1. The standard InChI is InChI=1S/C13H7ClF3N3O3/c1-5-2-6(3-7-10(5)20-12(21)23-7)22-9-4-8(14)18-11(19-9)13(15,16)17/h2-4H,1H3,(H,20,21). The van der Waals surface area contributed by atoms with E-state index in [-0.39, 0.29) is 17.2 Å². The molecular weight excluding hydrogens is 339 g/mol. The highest BCUT2D eigenvalue weighted by molar-refractivity contribution is 6.29. The number of fused-ring (bicyclic) bond motifs is 1. The van der Waals surface area contributed by atoms with Crippen molar-refractivity contribution in [2.45, 2.75) is 13.1 Å². The fourth-order valence-corrected chi connectivity index (χ4v) is 2.12. The van der Waals surface area contributed by atoms with Crippen LogP contribution in [0.25, 0.3) is 11.1 Å². The molecule has 2 heterocycles. The van der Waals surface area contributed by atoms with E-state index in [0.29, 0.717) is 11.1 Å².